The summed E-state index contributed by atoms with van der Waals surface area (Å²) in [5.74, 6) is 0.514. The largest absolute Gasteiger partial charge is 0.376 e. The van der Waals surface area contributed by atoms with Crippen LogP contribution >= 0.6 is 11.6 Å². The normalized spacial score (nSPS) is 11.7. The van der Waals surface area contributed by atoms with E-state index < -0.39 is 0 Å². The SMILES string of the molecule is C=CCC(C/C=C\CCl)(COCc1ccccc1)COCc1ccccc1. The van der Waals surface area contributed by atoms with Crippen LogP contribution in [0.25, 0.3) is 0 Å². The molecule has 0 amide bonds. The Kier molecular flexibility index (Phi) is 9.93. The van der Waals surface area contributed by atoms with Crippen molar-refractivity contribution >= 4 is 11.6 Å². The van der Waals surface area contributed by atoms with E-state index in [0.717, 1.165) is 12.8 Å². The minimum absolute atomic E-state index is 0.145. The van der Waals surface area contributed by atoms with Crippen molar-refractivity contribution < 1.29 is 9.47 Å². The number of alkyl halides is 1. The fourth-order valence-corrected chi connectivity index (χ4v) is 3.11. The number of ether oxygens (including phenoxy) is 2. The summed E-state index contributed by atoms with van der Waals surface area (Å²) in [5.41, 5.74) is 2.20. The highest BCUT2D eigenvalue weighted by molar-refractivity contribution is 6.18. The summed E-state index contributed by atoms with van der Waals surface area (Å²) in [5, 5.41) is 0. The van der Waals surface area contributed by atoms with Crippen molar-refractivity contribution in [1.29, 1.82) is 0 Å². The fraction of sp³-hybridized carbons (Fsp3) is 0.333. The average Bonchev–Trinajstić information content (AvgIpc) is 2.70. The van der Waals surface area contributed by atoms with E-state index in [1.807, 2.05) is 48.6 Å². The van der Waals surface area contributed by atoms with Crippen molar-refractivity contribution in [2.45, 2.75) is 26.1 Å². The fourth-order valence-electron chi connectivity index (χ4n) is 2.98. The molecule has 0 atom stereocenters. The number of allylic oxidation sites excluding steroid dienone is 3. The summed E-state index contributed by atoms with van der Waals surface area (Å²) in [6, 6.07) is 20.5. The molecule has 0 saturated carbocycles. The first-order chi connectivity index (χ1) is 13.3. The molecule has 144 valence electrons. The lowest BCUT2D eigenvalue weighted by Crippen LogP contribution is -2.31. The second kappa shape index (κ2) is 12.5. The third kappa shape index (κ3) is 8.13. The minimum atomic E-state index is -0.145. The Morgan fingerprint density at radius 2 is 1.30 bits per heavy atom. The summed E-state index contributed by atoms with van der Waals surface area (Å²) in [7, 11) is 0. The molecule has 0 aromatic heterocycles. The van der Waals surface area contributed by atoms with Gasteiger partial charge in [-0.1, -0.05) is 78.9 Å². The van der Waals surface area contributed by atoms with Gasteiger partial charge in [0, 0.05) is 11.3 Å². The van der Waals surface area contributed by atoms with Crippen LogP contribution in [0.2, 0.25) is 0 Å². The monoisotopic (exact) mass is 384 g/mol. The van der Waals surface area contributed by atoms with Gasteiger partial charge in [-0.15, -0.1) is 18.2 Å². The molecule has 27 heavy (non-hydrogen) atoms. The van der Waals surface area contributed by atoms with Gasteiger partial charge in [-0.05, 0) is 24.0 Å². The van der Waals surface area contributed by atoms with E-state index >= 15 is 0 Å². The molecule has 0 aliphatic carbocycles. The smallest absolute Gasteiger partial charge is 0.0717 e. The first-order valence-electron chi connectivity index (χ1n) is 9.33. The lowest BCUT2D eigenvalue weighted by Gasteiger charge is -2.31. The molecule has 0 saturated heterocycles. The Morgan fingerprint density at radius 3 is 1.74 bits per heavy atom. The van der Waals surface area contributed by atoms with Gasteiger partial charge in [0.1, 0.15) is 0 Å². The van der Waals surface area contributed by atoms with Crippen LogP contribution in [0.5, 0.6) is 0 Å². The summed E-state index contributed by atoms with van der Waals surface area (Å²) >= 11 is 5.81. The second-order valence-corrected chi connectivity index (χ2v) is 7.09. The summed E-state index contributed by atoms with van der Waals surface area (Å²) in [6.45, 7) is 6.35. The van der Waals surface area contributed by atoms with Gasteiger partial charge in [-0.25, -0.2) is 0 Å². The second-order valence-electron chi connectivity index (χ2n) is 6.78. The molecule has 0 spiro atoms. The highest BCUT2D eigenvalue weighted by Crippen LogP contribution is 2.30. The number of rotatable bonds is 13. The maximum Gasteiger partial charge on any atom is 0.0717 e. The van der Waals surface area contributed by atoms with Gasteiger partial charge in [-0.3, -0.25) is 0 Å². The predicted molar refractivity (Wildman–Crippen MR) is 114 cm³/mol. The Bertz CT molecular complexity index is 622. The first kappa shape index (κ1) is 21.4. The molecule has 0 radical (unpaired) electrons. The lowest BCUT2D eigenvalue weighted by atomic mass is 9.82. The van der Waals surface area contributed by atoms with Crippen LogP contribution in [0.3, 0.4) is 0 Å². The maximum absolute atomic E-state index is 6.08. The molecule has 2 aromatic carbocycles. The molecule has 2 aromatic rings. The third-order valence-electron chi connectivity index (χ3n) is 4.42. The molecule has 0 fully saturated rings. The van der Waals surface area contributed by atoms with Crippen molar-refractivity contribution in [2.75, 3.05) is 19.1 Å². The van der Waals surface area contributed by atoms with E-state index in [1.54, 1.807) is 0 Å². The van der Waals surface area contributed by atoms with E-state index in [4.69, 9.17) is 21.1 Å². The highest BCUT2D eigenvalue weighted by atomic mass is 35.5. The topological polar surface area (TPSA) is 18.5 Å². The zero-order valence-corrected chi connectivity index (χ0v) is 16.6. The zero-order valence-electron chi connectivity index (χ0n) is 15.9. The minimum Gasteiger partial charge on any atom is -0.376 e. The quantitative estimate of drug-likeness (QED) is 0.304. The molecule has 0 aliphatic heterocycles. The number of hydrogen-bond donors (Lipinski definition) is 0. The van der Waals surface area contributed by atoms with Crippen LogP contribution in [-0.2, 0) is 22.7 Å². The van der Waals surface area contributed by atoms with Gasteiger partial charge >= 0.3 is 0 Å². The van der Waals surface area contributed by atoms with Crippen LogP contribution in [0.1, 0.15) is 24.0 Å². The van der Waals surface area contributed by atoms with Crippen molar-refractivity contribution in [3.05, 3.63) is 96.6 Å². The molecule has 3 heteroatoms. The van der Waals surface area contributed by atoms with Gasteiger partial charge in [0.2, 0.25) is 0 Å². The van der Waals surface area contributed by atoms with E-state index in [2.05, 4.69) is 36.9 Å². The van der Waals surface area contributed by atoms with Gasteiger partial charge in [0.05, 0.1) is 26.4 Å². The van der Waals surface area contributed by atoms with E-state index in [1.165, 1.54) is 11.1 Å². The van der Waals surface area contributed by atoms with Crippen LogP contribution in [0.4, 0.5) is 0 Å². The summed E-state index contributed by atoms with van der Waals surface area (Å²) in [4.78, 5) is 0. The Morgan fingerprint density at radius 1 is 0.778 bits per heavy atom. The first-order valence-corrected chi connectivity index (χ1v) is 9.87. The van der Waals surface area contributed by atoms with Crippen molar-refractivity contribution in [1.82, 2.24) is 0 Å². The molecule has 0 aliphatic rings. The van der Waals surface area contributed by atoms with Gasteiger partial charge < -0.3 is 9.47 Å². The van der Waals surface area contributed by atoms with Crippen LogP contribution in [-0.4, -0.2) is 19.1 Å². The van der Waals surface area contributed by atoms with E-state index in [9.17, 15) is 0 Å². The summed E-state index contributed by atoms with van der Waals surface area (Å²) < 4.78 is 12.2. The number of benzene rings is 2. The third-order valence-corrected chi connectivity index (χ3v) is 4.60. The molecule has 0 bridgehead atoms. The van der Waals surface area contributed by atoms with Gasteiger partial charge in [0.25, 0.3) is 0 Å². The Balaban J connectivity index is 1.97. The molecular formula is C24H29ClO2. The lowest BCUT2D eigenvalue weighted by molar-refractivity contribution is -0.0304. The highest BCUT2D eigenvalue weighted by Gasteiger charge is 2.28. The van der Waals surface area contributed by atoms with Gasteiger partial charge in [0.15, 0.2) is 0 Å². The van der Waals surface area contributed by atoms with Crippen LogP contribution in [0, 0.1) is 5.41 Å². The van der Waals surface area contributed by atoms with Crippen molar-refractivity contribution in [3.63, 3.8) is 0 Å². The standard InChI is InChI=1S/C24H29ClO2/c1-2-15-24(16-9-10-17-25,20-26-18-22-11-5-3-6-12-22)21-27-19-23-13-7-4-8-14-23/h2-14H,1,15-21H2/b10-9-. The Labute approximate surface area is 168 Å². The zero-order chi connectivity index (χ0) is 19.2. The van der Waals surface area contributed by atoms with Crippen LogP contribution in [0.15, 0.2) is 85.5 Å². The molecule has 0 unspecified atom stereocenters. The average molecular weight is 385 g/mol. The molecule has 0 heterocycles. The maximum atomic E-state index is 6.08. The molecule has 2 rings (SSSR count). The number of hydrogen-bond acceptors (Lipinski definition) is 2. The number of halogens is 1. The van der Waals surface area contributed by atoms with Crippen LogP contribution < -0.4 is 0 Å². The van der Waals surface area contributed by atoms with Crippen molar-refractivity contribution in [3.8, 4) is 0 Å². The van der Waals surface area contributed by atoms with E-state index in [0.29, 0.717) is 32.3 Å². The Hall–Kier alpha value is -1.87. The molecule has 0 N–H and O–H groups in total. The molecular weight excluding hydrogens is 356 g/mol. The molecule has 2 nitrogen and oxygen atoms in total. The van der Waals surface area contributed by atoms with E-state index in [-0.39, 0.29) is 5.41 Å². The predicted octanol–water partition coefficient (Wildman–Crippen LogP) is 6.17. The summed E-state index contributed by atoms with van der Waals surface area (Å²) in [6.07, 6.45) is 7.72. The van der Waals surface area contributed by atoms with Gasteiger partial charge in [-0.2, -0.15) is 0 Å². The van der Waals surface area contributed by atoms with Crippen molar-refractivity contribution in [2.24, 2.45) is 5.41 Å².